The van der Waals surface area contributed by atoms with Gasteiger partial charge in [0.25, 0.3) is 0 Å². The number of sulfonamides is 1. The first-order chi connectivity index (χ1) is 9.12. The molecule has 19 heavy (non-hydrogen) atoms. The molecule has 2 rings (SSSR count). The Hall–Kier alpha value is -0.130. The smallest absolute Gasteiger partial charge is 0.214 e. The molecule has 0 bridgehead atoms. The number of piperidine rings is 1. The average molecular weight is 288 g/mol. The standard InChI is InChI=1S/C14H28N2O2S/c1-2-16(12-13-6-5-7-13)19(17,18)11-9-14-8-3-4-10-15-14/h13-15H,2-12H2,1H3. The molecule has 1 aliphatic carbocycles. The van der Waals surface area contributed by atoms with Crippen LogP contribution in [0.2, 0.25) is 0 Å². The molecular weight excluding hydrogens is 260 g/mol. The van der Waals surface area contributed by atoms with Crippen LogP contribution in [0.3, 0.4) is 0 Å². The van der Waals surface area contributed by atoms with Crippen molar-refractivity contribution in [3.8, 4) is 0 Å². The zero-order chi connectivity index (χ0) is 13.7. The van der Waals surface area contributed by atoms with Crippen molar-refractivity contribution in [1.82, 2.24) is 9.62 Å². The Labute approximate surface area is 118 Å². The van der Waals surface area contributed by atoms with E-state index in [1.807, 2.05) is 6.92 Å². The predicted octanol–water partition coefficient (Wildman–Crippen LogP) is 1.97. The first kappa shape index (κ1) is 15.3. The summed E-state index contributed by atoms with van der Waals surface area (Å²) >= 11 is 0. The fraction of sp³-hybridized carbons (Fsp3) is 1.00. The Morgan fingerprint density at radius 1 is 1.16 bits per heavy atom. The Kier molecular flexibility index (Phi) is 5.66. The van der Waals surface area contributed by atoms with E-state index in [1.165, 1.54) is 32.1 Å². The summed E-state index contributed by atoms with van der Waals surface area (Å²) in [7, 11) is -3.05. The number of hydrogen-bond acceptors (Lipinski definition) is 3. The molecule has 112 valence electrons. The highest BCUT2D eigenvalue weighted by atomic mass is 32.2. The van der Waals surface area contributed by atoms with Crippen LogP contribution < -0.4 is 5.32 Å². The minimum absolute atomic E-state index is 0.311. The quantitative estimate of drug-likeness (QED) is 0.779. The van der Waals surface area contributed by atoms with E-state index in [4.69, 9.17) is 0 Å². The van der Waals surface area contributed by atoms with E-state index in [9.17, 15) is 8.42 Å². The van der Waals surface area contributed by atoms with E-state index >= 15 is 0 Å². The first-order valence-electron chi connectivity index (χ1n) is 7.83. The van der Waals surface area contributed by atoms with Gasteiger partial charge < -0.3 is 5.32 Å². The lowest BCUT2D eigenvalue weighted by Gasteiger charge is -2.31. The molecule has 1 atom stereocenters. The molecule has 1 saturated heterocycles. The molecule has 1 saturated carbocycles. The van der Waals surface area contributed by atoms with Gasteiger partial charge in [0.15, 0.2) is 0 Å². The second kappa shape index (κ2) is 7.04. The molecule has 1 unspecified atom stereocenters. The Morgan fingerprint density at radius 3 is 2.47 bits per heavy atom. The van der Waals surface area contributed by atoms with E-state index < -0.39 is 10.0 Å². The van der Waals surface area contributed by atoms with Crippen molar-refractivity contribution in [2.45, 2.75) is 57.9 Å². The van der Waals surface area contributed by atoms with Gasteiger partial charge in [-0.15, -0.1) is 0 Å². The van der Waals surface area contributed by atoms with E-state index in [0.717, 1.165) is 25.9 Å². The van der Waals surface area contributed by atoms with Crippen molar-refractivity contribution in [1.29, 1.82) is 0 Å². The van der Waals surface area contributed by atoms with Gasteiger partial charge in [-0.1, -0.05) is 19.8 Å². The lowest BCUT2D eigenvalue weighted by molar-refractivity contribution is 0.249. The summed E-state index contributed by atoms with van der Waals surface area (Å²) < 4.78 is 26.5. The molecule has 5 heteroatoms. The van der Waals surface area contributed by atoms with Crippen LogP contribution in [0.25, 0.3) is 0 Å². The highest BCUT2D eigenvalue weighted by Gasteiger charge is 2.27. The van der Waals surface area contributed by atoms with Crippen molar-refractivity contribution in [3.05, 3.63) is 0 Å². The van der Waals surface area contributed by atoms with Crippen LogP contribution in [0.15, 0.2) is 0 Å². The SMILES string of the molecule is CCN(CC1CCC1)S(=O)(=O)CCC1CCCCN1. The zero-order valence-corrected chi connectivity index (χ0v) is 12.9. The fourth-order valence-electron chi connectivity index (χ4n) is 2.99. The summed E-state index contributed by atoms with van der Waals surface area (Å²) in [6.07, 6.45) is 8.04. The molecule has 0 radical (unpaired) electrons. The Morgan fingerprint density at radius 2 is 1.95 bits per heavy atom. The summed E-state index contributed by atoms with van der Waals surface area (Å²) in [6.45, 7) is 4.37. The maximum Gasteiger partial charge on any atom is 0.214 e. The second-order valence-corrected chi connectivity index (χ2v) is 8.09. The molecule has 1 aliphatic heterocycles. The third-order valence-corrected chi connectivity index (χ3v) is 6.51. The average Bonchev–Trinajstić information content (AvgIpc) is 2.36. The van der Waals surface area contributed by atoms with Crippen LogP contribution in [0.1, 0.15) is 51.9 Å². The minimum atomic E-state index is -3.05. The molecule has 2 fully saturated rings. The van der Waals surface area contributed by atoms with Crippen LogP contribution in [-0.4, -0.2) is 44.2 Å². The van der Waals surface area contributed by atoms with Crippen LogP contribution in [0.5, 0.6) is 0 Å². The van der Waals surface area contributed by atoms with Gasteiger partial charge in [0.2, 0.25) is 10.0 Å². The van der Waals surface area contributed by atoms with E-state index in [0.29, 0.717) is 24.3 Å². The van der Waals surface area contributed by atoms with Crippen LogP contribution in [-0.2, 0) is 10.0 Å². The number of nitrogens with zero attached hydrogens (tertiary/aromatic N) is 1. The van der Waals surface area contributed by atoms with Gasteiger partial charge in [-0.3, -0.25) is 0 Å². The third kappa shape index (κ3) is 4.43. The van der Waals surface area contributed by atoms with Crippen molar-refractivity contribution in [2.24, 2.45) is 5.92 Å². The van der Waals surface area contributed by atoms with E-state index in [-0.39, 0.29) is 0 Å². The molecule has 1 N–H and O–H groups in total. The summed E-state index contributed by atoms with van der Waals surface area (Å²) in [6, 6.07) is 0.408. The molecular formula is C14H28N2O2S. The normalized spacial score (nSPS) is 25.5. The number of nitrogens with one attached hydrogen (secondary N) is 1. The largest absolute Gasteiger partial charge is 0.314 e. The zero-order valence-electron chi connectivity index (χ0n) is 12.1. The lowest BCUT2D eigenvalue weighted by atomic mass is 9.85. The highest BCUT2D eigenvalue weighted by Crippen LogP contribution is 2.28. The van der Waals surface area contributed by atoms with Gasteiger partial charge in [-0.05, 0) is 44.6 Å². The molecule has 0 spiro atoms. The monoisotopic (exact) mass is 288 g/mol. The van der Waals surface area contributed by atoms with Crippen LogP contribution in [0, 0.1) is 5.92 Å². The highest BCUT2D eigenvalue weighted by molar-refractivity contribution is 7.89. The van der Waals surface area contributed by atoms with E-state index in [2.05, 4.69) is 5.32 Å². The van der Waals surface area contributed by atoms with Crippen LogP contribution in [0.4, 0.5) is 0 Å². The molecule has 0 amide bonds. The molecule has 0 aromatic heterocycles. The van der Waals surface area contributed by atoms with Gasteiger partial charge in [0.1, 0.15) is 0 Å². The third-order valence-electron chi connectivity index (χ3n) is 4.57. The number of hydrogen-bond donors (Lipinski definition) is 1. The first-order valence-corrected chi connectivity index (χ1v) is 9.44. The fourth-order valence-corrected chi connectivity index (χ4v) is 4.67. The van der Waals surface area contributed by atoms with Gasteiger partial charge in [-0.25, -0.2) is 12.7 Å². The molecule has 1 heterocycles. The van der Waals surface area contributed by atoms with Gasteiger partial charge in [-0.2, -0.15) is 0 Å². The van der Waals surface area contributed by atoms with Crippen molar-refractivity contribution in [3.63, 3.8) is 0 Å². The van der Waals surface area contributed by atoms with Crippen molar-refractivity contribution in [2.75, 3.05) is 25.4 Å². The minimum Gasteiger partial charge on any atom is -0.314 e. The maximum absolute atomic E-state index is 12.4. The Bertz CT molecular complexity index is 360. The topological polar surface area (TPSA) is 49.4 Å². The predicted molar refractivity (Wildman–Crippen MR) is 78.6 cm³/mol. The second-order valence-electron chi connectivity index (χ2n) is 6.00. The van der Waals surface area contributed by atoms with Crippen molar-refractivity contribution >= 4 is 10.0 Å². The van der Waals surface area contributed by atoms with Crippen LogP contribution >= 0.6 is 0 Å². The molecule has 0 aromatic rings. The molecule has 0 aromatic carbocycles. The number of rotatable bonds is 7. The van der Waals surface area contributed by atoms with Gasteiger partial charge in [0.05, 0.1) is 5.75 Å². The summed E-state index contributed by atoms with van der Waals surface area (Å²) in [4.78, 5) is 0. The summed E-state index contributed by atoms with van der Waals surface area (Å²) in [5, 5.41) is 3.43. The summed E-state index contributed by atoms with van der Waals surface area (Å²) in [5.74, 6) is 0.924. The van der Waals surface area contributed by atoms with Crippen molar-refractivity contribution < 1.29 is 8.42 Å². The summed E-state index contributed by atoms with van der Waals surface area (Å²) in [5.41, 5.74) is 0. The maximum atomic E-state index is 12.4. The van der Waals surface area contributed by atoms with E-state index in [1.54, 1.807) is 4.31 Å². The molecule has 4 nitrogen and oxygen atoms in total. The Balaban J connectivity index is 1.80. The lowest BCUT2D eigenvalue weighted by Crippen LogP contribution is -2.41. The van der Waals surface area contributed by atoms with Gasteiger partial charge in [0, 0.05) is 19.1 Å². The van der Waals surface area contributed by atoms with Gasteiger partial charge >= 0.3 is 0 Å². The molecule has 2 aliphatic rings.